The molecule has 0 aliphatic carbocycles. The highest BCUT2D eigenvalue weighted by Gasteiger charge is 2.38. The van der Waals surface area contributed by atoms with Crippen LogP contribution in [0.1, 0.15) is 92.4 Å². The molecule has 0 aromatic heterocycles. The molecule has 1 aliphatic rings. The minimum atomic E-state index is -1.99. The maximum Gasteiger partial charge on any atom is 0.322 e. The molecule has 1 aliphatic heterocycles. The van der Waals surface area contributed by atoms with E-state index in [1.807, 2.05) is 19.2 Å². The molecule has 30 heteroatoms. The van der Waals surface area contributed by atoms with Gasteiger partial charge in [-0.2, -0.15) is 12.6 Å². The summed E-state index contributed by atoms with van der Waals surface area (Å²) in [5.41, 5.74) is 10.9. The number of thiol groups is 1. The molecule has 0 unspecified atom stereocenters. The van der Waals surface area contributed by atoms with Gasteiger partial charge in [0.1, 0.15) is 54.9 Å². The van der Waals surface area contributed by atoms with Crippen molar-refractivity contribution >= 4 is 83.6 Å². The minimum Gasteiger partial charge on any atom is -0.481 e. The zero-order chi connectivity index (χ0) is 55.7. The Bertz CT molecular complexity index is 1940. The molecule has 1 saturated heterocycles. The Morgan fingerprint density at radius 1 is 0.575 bits per heavy atom. The third-order valence-corrected chi connectivity index (χ3v) is 11.4. The van der Waals surface area contributed by atoms with E-state index < -0.39 is 170 Å². The number of nitrogens with one attached hydrogen (secondary N) is 10. The Hall–Kier alpha value is -6.21. The number of aliphatic hydroxyl groups excluding tert-OH is 3. The van der Waals surface area contributed by atoms with E-state index in [9.17, 15) is 72.9 Å². The van der Waals surface area contributed by atoms with E-state index >= 15 is 0 Å². The van der Waals surface area contributed by atoms with Gasteiger partial charge in [0.2, 0.25) is 59.1 Å². The van der Waals surface area contributed by atoms with Crippen LogP contribution in [0.25, 0.3) is 0 Å². The van der Waals surface area contributed by atoms with Gasteiger partial charge in [0.15, 0.2) is 0 Å². The molecule has 0 radical (unpaired) electrons. The standard InChI is InChI=1S/C43H74N12O17S/c1-19(2)15-26(50-36(65)23-10-8-14-46-23)38(67)52-28(18-73)40(69)54-34(22(5)58)43(72)55-33(21(4)57)42(71)51-27(16-29(45)59)39(68)53-32(20(3)56)41(70)49-24(9-6-7-13-44)37(66)48-25(11-12-30(60)61)35(64)47-17-31(62)63/h19-28,32-34,46,56-58,73H,6-18,44H2,1-5H3,(H2,45,59)(H,47,64)(H,48,66)(H,49,70)(H,50,65)(H,51,71)(H,52,67)(H,53,68)(H,54,69)(H,55,72)(H,60,61)(H,62,63)/t20-,21-,22-,23+,24+,25+,26+,27+,28+,32+,33+,34+/m1/s1. The summed E-state index contributed by atoms with van der Waals surface area (Å²) in [6.07, 6.45) is -5.45. The number of unbranched alkanes of at least 4 members (excludes halogenated alkanes) is 1. The third kappa shape index (κ3) is 23.9. The lowest BCUT2D eigenvalue weighted by molar-refractivity contribution is -0.140. The largest absolute Gasteiger partial charge is 0.481 e. The van der Waals surface area contributed by atoms with E-state index in [4.69, 9.17) is 21.7 Å². The van der Waals surface area contributed by atoms with E-state index in [0.29, 0.717) is 19.4 Å². The number of nitrogens with two attached hydrogens (primary N) is 2. The number of carbonyl (C=O) groups excluding carboxylic acids is 10. The maximum absolute atomic E-state index is 13.7. The minimum absolute atomic E-state index is 0.0666. The molecule has 0 bridgehead atoms. The van der Waals surface area contributed by atoms with Crippen molar-refractivity contribution < 1.29 is 83.1 Å². The van der Waals surface area contributed by atoms with Gasteiger partial charge in [-0.05, 0) is 84.7 Å². The first kappa shape index (κ1) is 64.8. The monoisotopic (exact) mass is 1060 g/mol. The number of amides is 10. The summed E-state index contributed by atoms with van der Waals surface area (Å²) in [5, 5.41) is 73.4. The van der Waals surface area contributed by atoms with Gasteiger partial charge in [-0.3, -0.25) is 57.5 Å². The molecule has 19 N–H and O–H groups in total. The van der Waals surface area contributed by atoms with Crippen LogP contribution in [0, 0.1) is 5.92 Å². The molecule has 29 nitrogen and oxygen atoms in total. The van der Waals surface area contributed by atoms with E-state index in [1.165, 1.54) is 0 Å². The van der Waals surface area contributed by atoms with Crippen molar-refractivity contribution in [3.63, 3.8) is 0 Å². The summed E-state index contributed by atoms with van der Waals surface area (Å²) in [6.45, 7) is 6.73. The molecule has 0 spiro atoms. The van der Waals surface area contributed by atoms with Crippen molar-refractivity contribution in [1.29, 1.82) is 0 Å². The lowest BCUT2D eigenvalue weighted by Gasteiger charge is -2.29. The molecule has 414 valence electrons. The van der Waals surface area contributed by atoms with Gasteiger partial charge in [-0.15, -0.1) is 0 Å². The normalized spacial score (nSPS) is 17.7. The number of aliphatic hydroxyl groups is 3. The Morgan fingerprint density at radius 2 is 1.03 bits per heavy atom. The van der Waals surface area contributed by atoms with Crippen LogP contribution in [0.3, 0.4) is 0 Å². The fourth-order valence-corrected chi connectivity index (χ4v) is 7.36. The van der Waals surface area contributed by atoms with Gasteiger partial charge in [0.25, 0.3) is 0 Å². The number of carboxylic acids is 2. The lowest BCUT2D eigenvalue weighted by Crippen LogP contribution is -2.64. The maximum atomic E-state index is 13.7. The molecular weight excluding hydrogens is 989 g/mol. The second kappa shape index (κ2) is 32.8. The lowest BCUT2D eigenvalue weighted by atomic mass is 10.0. The second-order valence-electron chi connectivity index (χ2n) is 17.9. The van der Waals surface area contributed by atoms with Crippen LogP contribution in [-0.2, 0) is 57.5 Å². The van der Waals surface area contributed by atoms with E-state index in [0.717, 1.165) is 27.2 Å². The average Bonchev–Trinajstić information content (AvgIpc) is 3.85. The van der Waals surface area contributed by atoms with Crippen molar-refractivity contribution in [3.8, 4) is 0 Å². The van der Waals surface area contributed by atoms with E-state index in [2.05, 4.69) is 60.5 Å². The van der Waals surface area contributed by atoms with Gasteiger partial charge in [-0.1, -0.05) is 13.8 Å². The average molecular weight is 1060 g/mol. The summed E-state index contributed by atoms with van der Waals surface area (Å²) >= 11 is 4.15. The number of carbonyl (C=O) groups is 12. The number of rotatable bonds is 34. The van der Waals surface area contributed by atoms with Crippen molar-refractivity contribution in [1.82, 2.24) is 53.2 Å². The van der Waals surface area contributed by atoms with Gasteiger partial charge < -0.3 is 90.2 Å². The Kier molecular flexibility index (Phi) is 29.1. The van der Waals surface area contributed by atoms with Crippen LogP contribution >= 0.6 is 12.6 Å². The zero-order valence-corrected chi connectivity index (χ0v) is 42.3. The highest BCUT2D eigenvalue weighted by molar-refractivity contribution is 7.80. The quantitative estimate of drug-likeness (QED) is 0.0210. The zero-order valence-electron chi connectivity index (χ0n) is 41.4. The van der Waals surface area contributed by atoms with Crippen LogP contribution in [0.15, 0.2) is 0 Å². The molecule has 1 rings (SSSR count). The number of hydrogen-bond acceptors (Lipinski definition) is 18. The summed E-state index contributed by atoms with van der Waals surface area (Å²) in [6, 6.07) is -13.9. The molecule has 73 heavy (non-hydrogen) atoms. The van der Waals surface area contributed by atoms with Gasteiger partial charge in [0, 0.05) is 12.2 Å². The number of hydrogen-bond donors (Lipinski definition) is 18. The van der Waals surface area contributed by atoms with Gasteiger partial charge in [0.05, 0.1) is 30.8 Å². The fourth-order valence-electron chi connectivity index (χ4n) is 7.11. The van der Waals surface area contributed by atoms with E-state index in [1.54, 1.807) is 0 Å². The number of carboxylic acid groups (broad SMARTS) is 2. The molecule has 12 atom stereocenters. The summed E-state index contributed by atoms with van der Waals surface area (Å²) in [5.74, 6) is -13.8. The van der Waals surface area contributed by atoms with Crippen LogP contribution in [0.2, 0.25) is 0 Å². The molecule has 1 heterocycles. The topological polar surface area (TPSA) is 478 Å². The SMILES string of the molecule is CC(C)C[C@H](NC(=O)[C@@H]1CCCN1)C(=O)N[C@@H](CS)C(=O)N[C@H](C(=O)N[C@H](C(=O)N[C@@H](CC(N)=O)C(=O)N[C@H](C(=O)N[C@@H](CCCCN)C(=O)N[C@@H](CCC(=O)O)C(=O)NCC(=O)O)[C@@H](C)O)[C@@H](C)O)[C@@H](C)O. The van der Waals surface area contributed by atoms with Crippen LogP contribution < -0.4 is 64.6 Å². The molecular formula is C43H74N12O17S. The fraction of sp³-hybridized carbons (Fsp3) is 0.721. The van der Waals surface area contributed by atoms with Crippen molar-refractivity contribution in [2.24, 2.45) is 17.4 Å². The smallest absolute Gasteiger partial charge is 0.322 e. The van der Waals surface area contributed by atoms with Crippen LogP contribution in [0.4, 0.5) is 0 Å². The number of primary amides is 1. The van der Waals surface area contributed by atoms with Crippen molar-refractivity contribution in [3.05, 3.63) is 0 Å². The van der Waals surface area contributed by atoms with Gasteiger partial charge >= 0.3 is 11.9 Å². The van der Waals surface area contributed by atoms with Crippen LogP contribution in [-0.4, -0.2) is 195 Å². The van der Waals surface area contributed by atoms with Crippen molar-refractivity contribution in [2.75, 3.05) is 25.4 Å². The summed E-state index contributed by atoms with van der Waals surface area (Å²) in [4.78, 5) is 155. The Balaban J connectivity index is 3.29. The Morgan fingerprint density at radius 3 is 1.48 bits per heavy atom. The van der Waals surface area contributed by atoms with E-state index in [-0.39, 0.29) is 37.5 Å². The first-order valence-electron chi connectivity index (χ1n) is 23.6. The highest BCUT2D eigenvalue weighted by atomic mass is 32.1. The predicted octanol–water partition coefficient (Wildman–Crippen LogP) is -7.19. The second-order valence-corrected chi connectivity index (χ2v) is 18.3. The molecule has 0 saturated carbocycles. The third-order valence-electron chi connectivity index (χ3n) is 11.0. The predicted molar refractivity (Wildman–Crippen MR) is 259 cm³/mol. The Labute approximate surface area is 426 Å². The summed E-state index contributed by atoms with van der Waals surface area (Å²) in [7, 11) is 0. The molecule has 0 aromatic carbocycles. The molecule has 0 aromatic rings. The highest BCUT2D eigenvalue weighted by Crippen LogP contribution is 2.11. The van der Waals surface area contributed by atoms with Crippen LogP contribution in [0.5, 0.6) is 0 Å². The first-order valence-corrected chi connectivity index (χ1v) is 24.3. The first-order chi connectivity index (χ1) is 34.1. The number of aliphatic carboxylic acids is 2. The van der Waals surface area contributed by atoms with Crippen molar-refractivity contribution in [2.45, 2.75) is 165 Å². The summed E-state index contributed by atoms with van der Waals surface area (Å²) < 4.78 is 0. The molecule has 1 fully saturated rings. The van der Waals surface area contributed by atoms with Gasteiger partial charge in [-0.25, -0.2) is 0 Å². The molecule has 10 amide bonds.